The molecule has 0 unspecified atom stereocenters. The molecule has 0 radical (unpaired) electrons. The van der Waals surface area contributed by atoms with Crippen LogP contribution in [0.5, 0.6) is 0 Å². The van der Waals surface area contributed by atoms with Gasteiger partial charge in [-0.15, -0.1) is 11.8 Å². The van der Waals surface area contributed by atoms with Gasteiger partial charge in [-0.2, -0.15) is 0 Å². The third kappa shape index (κ3) is 4.81. The van der Waals surface area contributed by atoms with Crippen LogP contribution in [0.4, 0.5) is 5.82 Å². The summed E-state index contributed by atoms with van der Waals surface area (Å²) in [5, 5.41) is 4.26. The number of aromatic nitrogens is 2. The van der Waals surface area contributed by atoms with Gasteiger partial charge >= 0.3 is 0 Å². The second-order valence-corrected chi connectivity index (χ2v) is 4.94. The van der Waals surface area contributed by atoms with Gasteiger partial charge in [0, 0.05) is 24.9 Å². The number of nitrogens with one attached hydrogen (secondary N) is 1. The third-order valence-electron chi connectivity index (χ3n) is 1.96. The van der Waals surface area contributed by atoms with Gasteiger partial charge in [0.05, 0.1) is 0 Å². The molecule has 0 saturated heterocycles. The van der Waals surface area contributed by atoms with Crippen LogP contribution in [0.15, 0.2) is 11.1 Å². The van der Waals surface area contributed by atoms with Crippen LogP contribution in [0.1, 0.15) is 12.7 Å². The minimum absolute atomic E-state index is 0.825. The van der Waals surface area contributed by atoms with E-state index in [1.165, 1.54) is 0 Å². The summed E-state index contributed by atoms with van der Waals surface area (Å²) >= 11 is 1.77. The van der Waals surface area contributed by atoms with Crippen molar-refractivity contribution in [2.24, 2.45) is 0 Å². The Bertz CT molecular complexity index is 328. The smallest absolute Gasteiger partial charge is 0.130 e. The molecule has 1 aromatic rings. The van der Waals surface area contributed by atoms with Crippen molar-refractivity contribution >= 4 is 17.6 Å². The topological polar surface area (TPSA) is 41.0 Å². The van der Waals surface area contributed by atoms with Crippen LogP contribution in [0.3, 0.4) is 0 Å². The van der Waals surface area contributed by atoms with E-state index in [1.54, 1.807) is 11.8 Å². The second-order valence-electron chi connectivity index (χ2n) is 3.82. The van der Waals surface area contributed by atoms with Crippen molar-refractivity contribution in [3.8, 4) is 0 Å². The highest BCUT2D eigenvalue weighted by molar-refractivity contribution is 7.99. The van der Waals surface area contributed by atoms with Crippen molar-refractivity contribution in [3.63, 3.8) is 0 Å². The molecule has 0 fully saturated rings. The minimum atomic E-state index is 0.825. The molecule has 90 valence electrons. The van der Waals surface area contributed by atoms with Crippen LogP contribution in [0, 0.1) is 6.92 Å². The summed E-state index contributed by atoms with van der Waals surface area (Å²) in [6.45, 7) is 5.94. The number of anilines is 1. The number of rotatable bonds is 6. The molecule has 0 aliphatic rings. The molecule has 0 saturated carbocycles. The van der Waals surface area contributed by atoms with Crippen molar-refractivity contribution in [1.29, 1.82) is 0 Å². The predicted octanol–water partition coefficient (Wildman–Crippen LogP) is 1.87. The largest absolute Gasteiger partial charge is 0.370 e. The highest BCUT2D eigenvalue weighted by Crippen LogP contribution is 2.18. The fourth-order valence-electron chi connectivity index (χ4n) is 1.22. The van der Waals surface area contributed by atoms with E-state index >= 15 is 0 Å². The third-order valence-corrected chi connectivity index (χ3v) is 2.85. The molecule has 0 aliphatic heterocycles. The molecule has 1 rings (SSSR count). The van der Waals surface area contributed by atoms with E-state index in [4.69, 9.17) is 0 Å². The molecule has 1 aromatic heterocycles. The van der Waals surface area contributed by atoms with E-state index in [9.17, 15) is 0 Å². The van der Waals surface area contributed by atoms with Crippen molar-refractivity contribution in [2.45, 2.75) is 18.9 Å². The molecule has 0 aromatic carbocycles. The van der Waals surface area contributed by atoms with Gasteiger partial charge < -0.3 is 10.2 Å². The van der Waals surface area contributed by atoms with Gasteiger partial charge in [0.2, 0.25) is 0 Å². The minimum Gasteiger partial charge on any atom is -0.370 e. The van der Waals surface area contributed by atoms with E-state index < -0.39 is 0 Å². The molecule has 16 heavy (non-hydrogen) atoms. The molecular formula is C11H20N4S. The van der Waals surface area contributed by atoms with Crippen LogP contribution >= 0.6 is 11.8 Å². The average Bonchev–Trinajstić information content (AvgIpc) is 2.16. The van der Waals surface area contributed by atoms with Gasteiger partial charge in [-0.25, -0.2) is 9.97 Å². The van der Waals surface area contributed by atoms with Crippen LogP contribution < -0.4 is 5.32 Å². The fraction of sp³-hybridized carbons (Fsp3) is 0.636. The summed E-state index contributed by atoms with van der Waals surface area (Å²) in [5.41, 5.74) is 0. The number of hydrogen-bond donors (Lipinski definition) is 1. The lowest BCUT2D eigenvalue weighted by Crippen LogP contribution is -2.14. The highest BCUT2D eigenvalue weighted by atomic mass is 32.2. The van der Waals surface area contributed by atoms with Gasteiger partial charge in [0.1, 0.15) is 16.7 Å². The van der Waals surface area contributed by atoms with E-state index in [0.717, 1.165) is 35.5 Å². The second kappa shape index (κ2) is 6.70. The molecule has 0 spiro atoms. The fourth-order valence-corrected chi connectivity index (χ4v) is 2.28. The van der Waals surface area contributed by atoms with Crippen LogP contribution in [-0.4, -0.2) is 47.8 Å². The Morgan fingerprint density at radius 1 is 1.38 bits per heavy atom. The van der Waals surface area contributed by atoms with Crippen LogP contribution in [0.25, 0.3) is 0 Å². The van der Waals surface area contributed by atoms with Crippen molar-refractivity contribution < 1.29 is 0 Å². The maximum Gasteiger partial charge on any atom is 0.130 e. The van der Waals surface area contributed by atoms with Crippen LogP contribution in [0.2, 0.25) is 0 Å². The average molecular weight is 240 g/mol. The maximum atomic E-state index is 4.41. The first-order valence-electron chi connectivity index (χ1n) is 5.49. The first-order valence-corrected chi connectivity index (χ1v) is 6.47. The molecule has 0 bridgehead atoms. The number of nitrogens with zero attached hydrogens (tertiary/aromatic N) is 3. The van der Waals surface area contributed by atoms with Gasteiger partial charge in [0.25, 0.3) is 0 Å². The lowest BCUT2D eigenvalue weighted by molar-refractivity contribution is 0.437. The Morgan fingerprint density at radius 2 is 2.12 bits per heavy atom. The molecule has 0 amide bonds. The molecule has 5 heteroatoms. The predicted molar refractivity (Wildman–Crippen MR) is 70.2 cm³/mol. The summed E-state index contributed by atoms with van der Waals surface area (Å²) in [6.07, 6.45) is 0. The van der Waals surface area contributed by atoms with Gasteiger partial charge in [0.15, 0.2) is 0 Å². The molecule has 4 nitrogen and oxygen atoms in total. The van der Waals surface area contributed by atoms with E-state index in [2.05, 4.69) is 41.2 Å². The Morgan fingerprint density at radius 3 is 2.75 bits per heavy atom. The van der Waals surface area contributed by atoms with Crippen molar-refractivity contribution in [2.75, 3.05) is 38.3 Å². The summed E-state index contributed by atoms with van der Waals surface area (Å²) in [4.78, 5) is 10.9. The lowest BCUT2D eigenvalue weighted by Gasteiger charge is -2.09. The summed E-state index contributed by atoms with van der Waals surface area (Å²) in [6, 6.07) is 2.01. The quantitative estimate of drug-likeness (QED) is 0.607. The molecule has 0 aliphatic carbocycles. The Kier molecular flexibility index (Phi) is 5.55. The number of hydrogen-bond acceptors (Lipinski definition) is 5. The van der Waals surface area contributed by atoms with Crippen molar-refractivity contribution in [1.82, 2.24) is 14.9 Å². The number of thioether (sulfide) groups is 1. The molecule has 1 N–H and O–H groups in total. The Balaban J connectivity index is 2.58. The molecular weight excluding hydrogens is 220 g/mol. The van der Waals surface area contributed by atoms with E-state index in [1.807, 2.05) is 13.0 Å². The maximum absolute atomic E-state index is 4.41. The lowest BCUT2D eigenvalue weighted by atomic mass is 10.5. The Hall–Kier alpha value is -0.810. The van der Waals surface area contributed by atoms with Crippen LogP contribution in [-0.2, 0) is 0 Å². The highest BCUT2D eigenvalue weighted by Gasteiger charge is 2.02. The molecule has 0 atom stereocenters. The van der Waals surface area contributed by atoms with Gasteiger partial charge in [-0.3, -0.25) is 0 Å². The summed E-state index contributed by atoms with van der Waals surface area (Å²) in [7, 11) is 4.16. The normalized spacial score (nSPS) is 10.8. The van der Waals surface area contributed by atoms with Gasteiger partial charge in [-0.1, -0.05) is 0 Å². The number of aryl methyl sites for hydroxylation is 1. The zero-order chi connectivity index (χ0) is 12.0. The first-order chi connectivity index (χ1) is 7.61. The summed E-state index contributed by atoms with van der Waals surface area (Å²) in [5.74, 6) is 2.79. The van der Waals surface area contributed by atoms with E-state index in [-0.39, 0.29) is 0 Å². The monoisotopic (exact) mass is 240 g/mol. The first kappa shape index (κ1) is 13.3. The molecule has 1 heterocycles. The van der Waals surface area contributed by atoms with Gasteiger partial charge in [-0.05, 0) is 27.9 Å². The summed E-state index contributed by atoms with van der Waals surface area (Å²) < 4.78 is 0. The zero-order valence-electron chi connectivity index (χ0n) is 10.4. The zero-order valence-corrected chi connectivity index (χ0v) is 11.3. The van der Waals surface area contributed by atoms with Crippen molar-refractivity contribution in [3.05, 3.63) is 11.9 Å². The Labute approximate surface area is 102 Å². The van der Waals surface area contributed by atoms with E-state index in [0.29, 0.717) is 0 Å². The SMILES string of the molecule is CCNc1cc(SCCN(C)C)nc(C)n1. The standard InChI is InChI=1S/C11H20N4S/c1-5-12-10-8-11(14-9(2)13-10)16-7-6-15(3)4/h8H,5-7H2,1-4H3,(H,12,13,14).